The number of nitrogen functional groups attached to an aromatic ring is 1. The third kappa shape index (κ3) is 1.12. The molecule has 3 rings (SSSR count). The average Bonchev–Trinajstić information content (AvgIpc) is 2.42. The molecule has 6 heteroatoms. The standard InChI is InChI=1S/C10H7ClN4O/c11-9-6-3-13-15-10(16)5-1-4(12)2-7(14-9)8(5)6/h1-3,14H,12H2,(H,15,16). The number of halogens is 1. The number of rotatable bonds is 0. The van der Waals surface area contributed by atoms with Gasteiger partial charge in [0.1, 0.15) is 5.15 Å². The van der Waals surface area contributed by atoms with Gasteiger partial charge in [0.2, 0.25) is 0 Å². The molecule has 1 aliphatic rings. The van der Waals surface area contributed by atoms with E-state index in [4.69, 9.17) is 17.3 Å². The fraction of sp³-hybridized carbons (Fsp3) is 0. The topological polar surface area (TPSA) is 83.3 Å². The molecule has 2 heterocycles. The van der Waals surface area contributed by atoms with E-state index in [1.54, 1.807) is 12.1 Å². The molecule has 0 spiro atoms. The highest BCUT2D eigenvalue weighted by molar-refractivity contribution is 6.35. The number of nitrogens with two attached hydrogens (primary N) is 1. The molecule has 16 heavy (non-hydrogen) atoms. The zero-order valence-corrected chi connectivity index (χ0v) is 8.80. The van der Waals surface area contributed by atoms with E-state index < -0.39 is 0 Å². The summed E-state index contributed by atoms with van der Waals surface area (Å²) in [7, 11) is 0. The molecule has 0 saturated heterocycles. The van der Waals surface area contributed by atoms with Crippen LogP contribution in [0.15, 0.2) is 17.2 Å². The first-order valence-corrected chi connectivity index (χ1v) is 4.98. The number of carbonyl (C=O) groups excluding carboxylic acids is 1. The molecule has 1 amide bonds. The van der Waals surface area contributed by atoms with Crippen molar-refractivity contribution in [1.82, 2.24) is 10.4 Å². The number of aromatic nitrogens is 1. The van der Waals surface area contributed by atoms with Gasteiger partial charge in [-0.05, 0) is 12.1 Å². The van der Waals surface area contributed by atoms with Gasteiger partial charge in [-0.15, -0.1) is 0 Å². The van der Waals surface area contributed by atoms with Crippen LogP contribution in [0, 0.1) is 0 Å². The Bertz CT molecular complexity index is 644. The van der Waals surface area contributed by atoms with E-state index in [0.717, 1.165) is 10.9 Å². The predicted octanol–water partition coefficient (Wildman–Crippen LogP) is 1.48. The van der Waals surface area contributed by atoms with Crippen LogP contribution in [0.25, 0.3) is 10.9 Å². The van der Waals surface area contributed by atoms with Crippen LogP contribution in [0.5, 0.6) is 0 Å². The lowest BCUT2D eigenvalue weighted by Gasteiger charge is -2.02. The number of hydrogen-bond donors (Lipinski definition) is 3. The quantitative estimate of drug-likeness (QED) is 0.604. The summed E-state index contributed by atoms with van der Waals surface area (Å²) in [6.07, 6.45) is 1.52. The van der Waals surface area contributed by atoms with Crippen molar-refractivity contribution in [2.75, 3.05) is 5.73 Å². The Labute approximate surface area is 95.3 Å². The molecule has 0 atom stereocenters. The molecule has 0 bridgehead atoms. The van der Waals surface area contributed by atoms with Crippen molar-refractivity contribution in [2.24, 2.45) is 5.10 Å². The molecule has 0 unspecified atom stereocenters. The Morgan fingerprint density at radius 3 is 3.00 bits per heavy atom. The van der Waals surface area contributed by atoms with Crippen LogP contribution in [0.1, 0.15) is 15.9 Å². The minimum atomic E-state index is -0.289. The maximum Gasteiger partial charge on any atom is 0.272 e. The van der Waals surface area contributed by atoms with Gasteiger partial charge in [-0.2, -0.15) is 5.10 Å². The summed E-state index contributed by atoms with van der Waals surface area (Å²) in [5.74, 6) is -0.289. The third-order valence-electron chi connectivity index (χ3n) is 2.52. The third-order valence-corrected chi connectivity index (χ3v) is 2.81. The second-order valence-electron chi connectivity index (χ2n) is 3.54. The largest absolute Gasteiger partial charge is 0.399 e. The molecule has 2 aromatic rings. The van der Waals surface area contributed by atoms with Crippen molar-refractivity contribution in [3.05, 3.63) is 28.4 Å². The van der Waals surface area contributed by atoms with Gasteiger partial charge in [0, 0.05) is 16.6 Å². The molecule has 0 fully saturated rings. The maximum atomic E-state index is 11.7. The fourth-order valence-corrected chi connectivity index (χ4v) is 2.11. The van der Waals surface area contributed by atoms with Gasteiger partial charge in [0.15, 0.2) is 0 Å². The Kier molecular flexibility index (Phi) is 1.73. The molecule has 80 valence electrons. The Balaban J connectivity index is 2.54. The van der Waals surface area contributed by atoms with Crippen molar-refractivity contribution >= 4 is 40.3 Å². The molecule has 0 saturated carbocycles. The number of benzene rings is 1. The van der Waals surface area contributed by atoms with Gasteiger partial charge in [-0.25, -0.2) is 5.43 Å². The zero-order chi connectivity index (χ0) is 11.3. The number of carbonyl (C=O) groups is 1. The average molecular weight is 235 g/mol. The molecule has 1 aromatic heterocycles. The van der Waals surface area contributed by atoms with Crippen molar-refractivity contribution in [2.45, 2.75) is 0 Å². The lowest BCUT2D eigenvalue weighted by atomic mass is 10.1. The number of hydrazone groups is 1. The number of anilines is 1. The molecule has 1 aliphatic heterocycles. The van der Waals surface area contributed by atoms with E-state index in [1.807, 2.05) is 0 Å². The van der Waals surface area contributed by atoms with E-state index in [9.17, 15) is 4.79 Å². The predicted molar refractivity (Wildman–Crippen MR) is 62.8 cm³/mol. The SMILES string of the molecule is Nc1cc2c3c(c(Cl)[nH]c3c1)C=NNC2=O. The van der Waals surface area contributed by atoms with Gasteiger partial charge in [-0.3, -0.25) is 4.79 Å². The summed E-state index contributed by atoms with van der Waals surface area (Å²) >= 11 is 6.02. The van der Waals surface area contributed by atoms with Crippen LogP contribution >= 0.6 is 11.6 Å². The van der Waals surface area contributed by atoms with Gasteiger partial charge in [-0.1, -0.05) is 11.6 Å². The van der Waals surface area contributed by atoms with Crippen LogP contribution in [-0.4, -0.2) is 17.1 Å². The fourth-order valence-electron chi connectivity index (χ4n) is 1.86. The van der Waals surface area contributed by atoms with Crippen LogP contribution in [0.2, 0.25) is 5.15 Å². The van der Waals surface area contributed by atoms with Crippen molar-refractivity contribution in [1.29, 1.82) is 0 Å². The van der Waals surface area contributed by atoms with Gasteiger partial charge >= 0.3 is 0 Å². The Hall–Kier alpha value is -2.01. The minimum absolute atomic E-state index is 0.289. The summed E-state index contributed by atoms with van der Waals surface area (Å²) < 4.78 is 0. The summed E-state index contributed by atoms with van der Waals surface area (Å²) in [5, 5.41) is 4.98. The Morgan fingerprint density at radius 1 is 1.38 bits per heavy atom. The van der Waals surface area contributed by atoms with Crippen LogP contribution in [-0.2, 0) is 0 Å². The molecule has 5 nitrogen and oxygen atoms in total. The Morgan fingerprint density at radius 2 is 2.19 bits per heavy atom. The summed E-state index contributed by atoms with van der Waals surface area (Å²) in [6.45, 7) is 0. The first-order valence-electron chi connectivity index (χ1n) is 4.61. The second kappa shape index (κ2) is 2.99. The van der Waals surface area contributed by atoms with Crippen LogP contribution in [0.3, 0.4) is 0 Å². The van der Waals surface area contributed by atoms with Crippen LogP contribution in [0.4, 0.5) is 5.69 Å². The maximum absolute atomic E-state index is 11.7. The second-order valence-corrected chi connectivity index (χ2v) is 3.92. The molecular weight excluding hydrogens is 228 g/mol. The van der Waals surface area contributed by atoms with E-state index in [-0.39, 0.29) is 5.91 Å². The van der Waals surface area contributed by atoms with Gasteiger partial charge in [0.25, 0.3) is 5.91 Å². The zero-order valence-electron chi connectivity index (χ0n) is 8.04. The van der Waals surface area contributed by atoms with Crippen molar-refractivity contribution in [3.63, 3.8) is 0 Å². The summed E-state index contributed by atoms with van der Waals surface area (Å²) in [5.41, 5.74) is 10.5. The van der Waals surface area contributed by atoms with Crippen molar-refractivity contribution < 1.29 is 4.79 Å². The molecular formula is C10H7ClN4O. The summed E-state index contributed by atoms with van der Waals surface area (Å²) in [6, 6.07) is 3.35. The van der Waals surface area contributed by atoms with Crippen molar-refractivity contribution in [3.8, 4) is 0 Å². The van der Waals surface area contributed by atoms with E-state index in [2.05, 4.69) is 15.5 Å². The molecule has 1 aromatic carbocycles. The number of nitrogens with one attached hydrogen (secondary N) is 2. The molecule has 0 radical (unpaired) electrons. The lowest BCUT2D eigenvalue weighted by Crippen LogP contribution is -2.16. The van der Waals surface area contributed by atoms with E-state index in [0.29, 0.717) is 22.0 Å². The van der Waals surface area contributed by atoms with E-state index in [1.165, 1.54) is 6.21 Å². The van der Waals surface area contributed by atoms with E-state index >= 15 is 0 Å². The highest BCUT2D eigenvalue weighted by Gasteiger charge is 2.19. The number of hydrogen-bond acceptors (Lipinski definition) is 3. The monoisotopic (exact) mass is 234 g/mol. The number of H-pyrrole nitrogens is 1. The first kappa shape index (κ1) is 9.23. The highest BCUT2D eigenvalue weighted by atomic mass is 35.5. The van der Waals surface area contributed by atoms with Gasteiger partial charge in [0.05, 0.1) is 17.3 Å². The molecule has 4 N–H and O–H groups in total. The minimum Gasteiger partial charge on any atom is -0.399 e. The first-order chi connectivity index (χ1) is 7.66. The molecule has 0 aliphatic carbocycles. The normalized spacial score (nSPS) is 13.9. The highest BCUT2D eigenvalue weighted by Crippen LogP contribution is 2.30. The number of aromatic amines is 1. The lowest BCUT2D eigenvalue weighted by molar-refractivity contribution is 0.0957. The van der Waals surface area contributed by atoms with Gasteiger partial charge < -0.3 is 10.7 Å². The summed E-state index contributed by atoms with van der Waals surface area (Å²) in [4.78, 5) is 14.7. The number of amides is 1. The van der Waals surface area contributed by atoms with Crippen LogP contribution < -0.4 is 11.2 Å². The number of nitrogens with zero attached hydrogens (tertiary/aromatic N) is 1. The smallest absolute Gasteiger partial charge is 0.272 e.